The largest absolute Gasteiger partial charge is 0.373 e. The molecule has 0 saturated carbocycles. The van der Waals surface area contributed by atoms with Crippen LogP contribution in [0.5, 0.6) is 0 Å². The normalized spacial score (nSPS) is 18.4. The number of anilines is 2. The van der Waals surface area contributed by atoms with Crippen LogP contribution in [0.1, 0.15) is 29.9 Å². The number of likely N-dealkylation sites (tertiary alicyclic amines) is 1. The van der Waals surface area contributed by atoms with Gasteiger partial charge in [-0.05, 0) is 49.1 Å². The lowest BCUT2D eigenvalue weighted by Gasteiger charge is -2.33. The minimum Gasteiger partial charge on any atom is -0.373 e. The van der Waals surface area contributed by atoms with E-state index in [-0.39, 0.29) is 0 Å². The highest BCUT2D eigenvalue weighted by atomic mass is 15.1. The van der Waals surface area contributed by atoms with Gasteiger partial charge in [-0.15, -0.1) is 0 Å². The Morgan fingerprint density at radius 3 is 2.92 bits per heavy atom. The fourth-order valence-electron chi connectivity index (χ4n) is 3.44. The minimum absolute atomic E-state index is 0.579. The summed E-state index contributed by atoms with van der Waals surface area (Å²) in [6.07, 6.45) is 6.26. The van der Waals surface area contributed by atoms with E-state index in [1.165, 1.54) is 24.0 Å². The zero-order valence-electron chi connectivity index (χ0n) is 14.9. The highest BCUT2D eigenvalue weighted by Crippen LogP contribution is 2.29. The molecule has 2 aromatic heterocycles. The molecule has 1 fully saturated rings. The molecule has 3 heterocycles. The molecule has 3 rings (SSSR count). The van der Waals surface area contributed by atoms with Gasteiger partial charge in [-0.25, -0.2) is 9.97 Å². The quantitative estimate of drug-likeness (QED) is 0.915. The van der Waals surface area contributed by atoms with Crippen LogP contribution in [0.2, 0.25) is 0 Å². The second kappa shape index (κ2) is 7.62. The van der Waals surface area contributed by atoms with Gasteiger partial charge in [0.05, 0.1) is 0 Å². The number of nitrogens with zero attached hydrogens (tertiary/aromatic N) is 4. The van der Waals surface area contributed by atoms with E-state index in [4.69, 9.17) is 0 Å². The van der Waals surface area contributed by atoms with E-state index in [1.54, 1.807) is 0 Å². The van der Waals surface area contributed by atoms with E-state index < -0.39 is 0 Å². The maximum Gasteiger partial charge on any atom is 0.130 e. The van der Waals surface area contributed by atoms with Crippen LogP contribution in [0.3, 0.4) is 0 Å². The standard InChI is InChI=1S/C19H27N5/c1-20-19-17(6-4-9-22-19)14-24-11-5-7-16(13-24)15-8-10-21-18(12-15)23(2)3/h4,6,8-10,12,16H,5,7,11,13-14H2,1-3H3,(H,20,22)/t16-/m1/s1. The summed E-state index contributed by atoms with van der Waals surface area (Å²) in [5.41, 5.74) is 2.67. The number of hydrogen-bond acceptors (Lipinski definition) is 5. The van der Waals surface area contributed by atoms with Crippen LogP contribution in [-0.4, -0.2) is 49.1 Å². The summed E-state index contributed by atoms with van der Waals surface area (Å²) in [7, 11) is 6.02. The van der Waals surface area contributed by atoms with Crippen LogP contribution in [0.4, 0.5) is 11.6 Å². The summed E-state index contributed by atoms with van der Waals surface area (Å²) in [4.78, 5) is 13.5. The van der Waals surface area contributed by atoms with Crippen LogP contribution in [-0.2, 0) is 6.54 Å². The van der Waals surface area contributed by atoms with Crippen molar-refractivity contribution in [2.45, 2.75) is 25.3 Å². The van der Waals surface area contributed by atoms with Gasteiger partial charge >= 0.3 is 0 Å². The van der Waals surface area contributed by atoms with Crippen LogP contribution in [0, 0.1) is 0 Å². The third-order valence-corrected chi connectivity index (χ3v) is 4.73. The van der Waals surface area contributed by atoms with Crippen molar-refractivity contribution < 1.29 is 0 Å². The summed E-state index contributed by atoms with van der Waals surface area (Å²) in [5.74, 6) is 2.60. The second-order valence-electron chi connectivity index (χ2n) is 6.68. The first-order valence-electron chi connectivity index (χ1n) is 8.64. The molecule has 0 amide bonds. The lowest BCUT2D eigenvalue weighted by Crippen LogP contribution is -2.34. The average Bonchev–Trinajstić information content (AvgIpc) is 2.62. The van der Waals surface area contributed by atoms with Crippen LogP contribution < -0.4 is 10.2 Å². The van der Waals surface area contributed by atoms with E-state index in [0.717, 1.165) is 31.3 Å². The number of hydrogen-bond donors (Lipinski definition) is 1. The lowest BCUT2D eigenvalue weighted by molar-refractivity contribution is 0.200. The molecule has 2 aromatic rings. The van der Waals surface area contributed by atoms with Gasteiger partial charge < -0.3 is 10.2 Å². The van der Waals surface area contributed by atoms with Crippen molar-refractivity contribution in [1.29, 1.82) is 0 Å². The van der Waals surface area contributed by atoms with Crippen molar-refractivity contribution >= 4 is 11.6 Å². The summed E-state index contributed by atoms with van der Waals surface area (Å²) >= 11 is 0. The Hall–Kier alpha value is -2.14. The predicted octanol–water partition coefficient (Wildman–Crippen LogP) is 2.96. The molecule has 1 atom stereocenters. The summed E-state index contributed by atoms with van der Waals surface area (Å²) in [6.45, 7) is 3.20. The Kier molecular flexibility index (Phi) is 5.30. The number of nitrogens with one attached hydrogen (secondary N) is 1. The molecule has 0 aromatic carbocycles. The first kappa shape index (κ1) is 16.7. The van der Waals surface area contributed by atoms with E-state index in [0.29, 0.717) is 5.92 Å². The summed E-state index contributed by atoms with van der Waals surface area (Å²) in [5, 5.41) is 3.20. The van der Waals surface area contributed by atoms with Crippen LogP contribution in [0.15, 0.2) is 36.7 Å². The molecule has 0 aliphatic carbocycles. The van der Waals surface area contributed by atoms with Crippen molar-refractivity contribution in [2.24, 2.45) is 0 Å². The zero-order chi connectivity index (χ0) is 16.9. The number of rotatable bonds is 5. The van der Waals surface area contributed by atoms with Gasteiger partial charge in [-0.3, -0.25) is 4.90 Å². The number of piperidine rings is 1. The molecular weight excluding hydrogens is 298 g/mol. The maximum atomic E-state index is 4.44. The fraction of sp³-hybridized carbons (Fsp3) is 0.474. The maximum absolute atomic E-state index is 4.44. The Balaban J connectivity index is 1.71. The van der Waals surface area contributed by atoms with E-state index in [2.05, 4.69) is 43.3 Å². The smallest absolute Gasteiger partial charge is 0.130 e. The monoisotopic (exact) mass is 325 g/mol. The molecular formula is C19H27N5. The topological polar surface area (TPSA) is 44.3 Å². The van der Waals surface area contributed by atoms with Crippen LogP contribution >= 0.6 is 0 Å². The van der Waals surface area contributed by atoms with Crippen molar-refractivity contribution in [2.75, 3.05) is 44.4 Å². The number of pyridine rings is 2. The first-order valence-corrected chi connectivity index (χ1v) is 8.64. The Morgan fingerprint density at radius 2 is 2.12 bits per heavy atom. The summed E-state index contributed by atoms with van der Waals surface area (Å²) < 4.78 is 0. The van der Waals surface area contributed by atoms with Gasteiger partial charge in [-0.2, -0.15) is 0 Å². The average molecular weight is 325 g/mol. The minimum atomic E-state index is 0.579. The molecule has 0 bridgehead atoms. The van der Waals surface area contributed by atoms with Gasteiger partial charge in [0.25, 0.3) is 0 Å². The van der Waals surface area contributed by atoms with Gasteiger partial charge in [0, 0.05) is 52.2 Å². The molecule has 128 valence electrons. The first-order chi connectivity index (χ1) is 11.7. The molecule has 1 N–H and O–H groups in total. The van der Waals surface area contributed by atoms with Crippen molar-refractivity contribution in [3.63, 3.8) is 0 Å². The molecule has 1 aliphatic heterocycles. The van der Waals surface area contributed by atoms with Gasteiger partial charge in [-0.1, -0.05) is 6.07 Å². The molecule has 0 spiro atoms. The second-order valence-corrected chi connectivity index (χ2v) is 6.68. The zero-order valence-corrected chi connectivity index (χ0v) is 14.9. The predicted molar refractivity (Wildman–Crippen MR) is 99.6 cm³/mol. The molecule has 0 unspecified atom stereocenters. The highest BCUT2D eigenvalue weighted by molar-refractivity contribution is 5.43. The third kappa shape index (κ3) is 3.85. The highest BCUT2D eigenvalue weighted by Gasteiger charge is 2.22. The molecule has 1 aliphatic rings. The van der Waals surface area contributed by atoms with Crippen LogP contribution in [0.25, 0.3) is 0 Å². The van der Waals surface area contributed by atoms with E-state index in [9.17, 15) is 0 Å². The lowest BCUT2D eigenvalue weighted by atomic mass is 9.91. The Bertz CT molecular complexity index is 670. The Labute approximate surface area is 144 Å². The van der Waals surface area contributed by atoms with E-state index >= 15 is 0 Å². The number of aromatic nitrogens is 2. The van der Waals surface area contributed by atoms with Gasteiger partial charge in [0.2, 0.25) is 0 Å². The SMILES string of the molecule is CNc1ncccc1CN1CCC[C@@H](c2ccnc(N(C)C)c2)C1. The fourth-order valence-corrected chi connectivity index (χ4v) is 3.44. The van der Waals surface area contributed by atoms with Crippen molar-refractivity contribution in [1.82, 2.24) is 14.9 Å². The molecule has 0 radical (unpaired) electrons. The van der Waals surface area contributed by atoms with Crippen molar-refractivity contribution in [3.05, 3.63) is 47.8 Å². The molecule has 24 heavy (non-hydrogen) atoms. The molecule has 5 nitrogen and oxygen atoms in total. The summed E-state index contributed by atoms with van der Waals surface area (Å²) in [6, 6.07) is 8.59. The van der Waals surface area contributed by atoms with Crippen molar-refractivity contribution in [3.8, 4) is 0 Å². The Morgan fingerprint density at radius 1 is 1.25 bits per heavy atom. The van der Waals surface area contributed by atoms with Gasteiger partial charge in [0.15, 0.2) is 0 Å². The molecule has 1 saturated heterocycles. The molecule has 5 heteroatoms. The van der Waals surface area contributed by atoms with E-state index in [1.807, 2.05) is 39.6 Å². The van der Waals surface area contributed by atoms with Gasteiger partial charge in [0.1, 0.15) is 11.6 Å². The third-order valence-electron chi connectivity index (χ3n) is 4.73.